The van der Waals surface area contributed by atoms with Crippen molar-refractivity contribution in [2.24, 2.45) is 5.92 Å². The Morgan fingerprint density at radius 1 is 0.261 bits per heavy atom. The van der Waals surface area contributed by atoms with Gasteiger partial charge >= 0.3 is 0 Å². The summed E-state index contributed by atoms with van der Waals surface area (Å²) in [6, 6.07) is 35.4. The van der Waals surface area contributed by atoms with Crippen LogP contribution in [0.15, 0.2) is 147 Å². The van der Waals surface area contributed by atoms with E-state index in [2.05, 4.69) is 287 Å². The van der Waals surface area contributed by atoms with Gasteiger partial charge in [-0.3, -0.25) is 39.9 Å². The molecule has 8 aliphatic heterocycles. The molecule has 0 aliphatic carbocycles. The number of anilines is 8. The van der Waals surface area contributed by atoms with Crippen molar-refractivity contribution >= 4 is 45.5 Å². The van der Waals surface area contributed by atoms with Crippen molar-refractivity contribution in [3.63, 3.8) is 0 Å². The number of nitrogens with zero attached hydrogens (tertiary/aromatic N) is 16. The molecule has 8 N–H and O–H groups in total. The summed E-state index contributed by atoms with van der Waals surface area (Å²) in [4.78, 5) is 53.6. The fourth-order valence-electron chi connectivity index (χ4n) is 18.9. The molecule has 0 amide bonds. The Hall–Kier alpha value is -8.90. The van der Waals surface area contributed by atoms with Crippen LogP contribution in [0.3, 0.4) is 0 Å². The number of aliphatic hydroxyl groups excluding tert-OH is 8. The van der Waals surface area contributed by atoms with E-state index in [1.165, 1.54) is 28.4 Å². The molecular formula is C111H172F2N16O9. The van der Waals surface area contributed by atoms with Crippen LogP contribution in [0.2, 0.25) is 0 Å². The number of methoxy groups -OCH3 is 1. The highest BCUT2D eigenvalue weighted by molar-refractivity contribution is 5.53. The first-order chi connectivity index (χ1) is 65.6. The summed E-state index contributed by atoms with van der Waals surface area (Å²) in [6.07, 6.45) is 20.8. The molecule has 0 bridgehead atoms. The number of aliphatic hydroxyl groups is 8. The molecule has 16 atom stereocenters. The van der Waals surface area contributed by atoms with Gasteiger partial charge in [-0.25, -0.2) is 8.78 Å². The molecule has 8 aromatic heterocycles. The van der Waals surface area contributed by atoms with Gasteiger partial charge in [-0.15, -0.1) is 0 Å². The highest BCUT2D eigenvalue weighted by Crippen LogP contribution is 2.35. The summed E-state index contributed by atoms with van der Waals surface area (Å²) in [5.41, 5.74) is 17.8. The predicted molar refractivity (Wildman–Crippen MR) is 561 cm³/mol. The first-order valence-corrected chi connectivity index (χ1v) is 51.6. The summed E-state index contributed by atoms with van der Waals surface area (Å²) in [6.45, 7) is 53.8. The summed E-state index contributed by atoms with van der Waals surface area (Å²) >= 11 is 0. The first kappa shape index (κ1) is 113. The smallest absolute Gasteiger partial charge is 0.143 e. The van der Waals surface area contributed by atoms with E-state index in [0.29, 0.717) is 110 Å². The molecule has 8 saturated heterocycles. The number of ether oxygens (including phenoxy) is 1. The largest absolute Gasteiger partial charge is 0.393 e. The van der Waals surface area contributed by atoms with Gasteiger partial charge < -0.3 is 84.8 Å². The molecular weight excluding hydrogens is 1740 g/mol. The minimum absolute atomic E-state index is 0.135. The number of hydrogen-bond donors (Lipinski definition) is 8. The third-order valence-corrected chi connectivity index (χ3v) is 28.0. The van der Waals surface area contributed by atoms with Gasteiger partial charge in [-0.05, 0) is 262 Å². The molecule has 25 nitrogen and oxygen atoms in total. The molecule has 5 unspecified atom stereocenters. The third kappa shape index (κ3) is 34.5. The Balaban J connectivity index is 0.000000177. The number of aromatic nitrogens is 8. The number of piperidine rings is 8. The summed E-state index contributed by atoms with van der Waals surface area (Å²) < 4.78 is 32.0. The first-order valence-electron chi connectivity index (χ1n) is 51.6. The molecule has 27 heteroatoms. The Labute approximate surface area is 825 Å². The van der Waals surface area contributed by atoms with Gasteiger partial charge in [0, 0.05) is 148 Å². The molecule has 0 radical (unpaired) electrons. The lowest BCUT2D eigenvalue weighted by atomic mass is 9.95. The monoisotopic (exact) mass is 1910 g/mol. The second kappa shape index (κ2) is 55.5. The molecule has 8 aromatic rings. The minimum atomic E-state index is -1.16. The van der Waals surface area contributed by atoms with Crippen molar-refractivity contribution in [3.8, 4) is 0 Å². The lowest BCUT2D eigenvalue weighted by molar-refractivity contribution is 0.0359. The topological polar surface area (TPSA) is 300 Å². The van der Waals surface area contributed by atoms with Crippen molar-refractivity contribution in [1.29, 1.82) is 0 Å². The van der Waals surface area contributed by atoms with Gasteiger partial charge in [0.15, 0.2) is 0 Å². The maximum absolute atomic E-state index is 13.4. The normalized spacial score (nSPS) is 25.2. The Bertz CT molecular complexity index is 4210. The molecule has 764 valence electrons. The maximum Gasteiger partial charge on any atom is 0.143 e. The molecule has 8 fully saturated rings. The van der Waals surface area contributed by atoms with Gasteiger partial charge in [-0.1, -0.05) is 111 Å². The second-order valence-corrected chi connectivity index (χ2v) is 42.0. The molecule has 16 heterocycles. The number of alkyl halides is 2. The van der Waals surface area contributed by atoms with Crippen LogP contribution in [0.4, 0.5) is 54.3 Å². The van der Waals surface area contributed by atoms with Gasteiger partial charge in [0.25, 0.3) is 0 Å². The number of rotatable bonds is 18. The van der Waals surface area contributed by atoms with Gasteiger partial charge in [0.1, 0.15) is 12.3 Å². The average molecular weight is 1910 g/mol. The SMILES string of the molecule is CC(C)c1ccc(N2CCC(O)C(F)C2)cn1.CC(C)c1ccc(N2CCC(O)CC2C)cn1.CC(C)c1ccc(N2CCC(O)C[C@@H]2C)cn1.CC(C)c1ccc(N2CC[C@@H](O)C[C@H]2C)cn1.CC(C)c1ccc(N2CC[C@@H](O)[C@@H](F)C2)cn1.CC(C)c1ccc(N2CC[C@H](O)C[C@@H]2C)cn1.CC(C)c1ccc(N2CC[C@H](O)C[C@H]2C)cn1.COC[C@H]1CN(c2ccc(C(C)C)nc2)CC[C@@H]1O. The van der Waals surface area contributed by atoms with Crippen LogP contribution in [0.1, 0.15) is 322 Å². The zero-order valence-corrected chi connectivity index (χ0v) is 87.3. The van der Waals surface area contributed by atoms with Gasteiger partial charge in [0.2, 0.25) is 0 Å². The third-order valence-electron chi connectivity index (χ3n) is 28.0. The lowest BCUT2D eigenvalue weighted by Crippen LogP contribution is -2.45. The molecule has 0 saturated carbocycles. The number of pyridine rings is 8. The van der Waals surface area contributed by atoms with E-state index in [0.717, 1.165) is 179 Å². The van der Waals surface area contributed by atoms with E-state index in [9.17, 15) is 49.6 Å². The van der Waals surface area contributed by atoms with Crippen molar-refractivity contribution in [2.75, 3.05) is 125 Å². The highest BCUT2D eigenvalue weighted by Gasteiger charge is 2.34. The predicted octanol–water partition coefficient (Wildman–Crippen LogP) is 19.0. The molecule has 138 heavy (non-hydrogen) atoms. The maximum atomic E-state index is 13.4. The van der Waals surface area contributed by atoms with E-state index in [1.54, 1.807) is 19.5 Å². The van der Waals surface area contributed by atoms with Crippen LogP contribution < -0.4 is 39.2 Å². The fourth-order valence-corrected chi connectivity index (χ4v) is 18.9. The van der Waals surface area contributed by atoms with Crippen molar-refractivity contribution in [2.45, 2.75) is 368 Å². The van der Waals surface area contributed by atoms with Gasteiger partial charge in [0.05, 0.1) is 164 Å². The molecule has 16 rings (SSSR count). The van der Waals surface area contributed by atoms with Crippen molar-refractivity contribution < 1.29 is 54.4 Å². The standard InChI is InChI=1S/C15H24N2O2.5C14H22N2O.2C13H19FN2O/c1-11(2)14-5-4-13(8-16-14)17-7-6-15(18)12(9-17)10-19-3;5*1-10(2)14-5-4-12(9-15-14)16-7-6-13(17)8-11(16)3;2*1-9(2)12-4-3-10(7-15-12)16-6-5-13(17)11(14)8-16/h4-5,8,11-12,15,18H,6-7,9-10H2,1-3H3;5*4-5,9-11,13,17H,6-8H2,1-3H3;2*3-4,7,9,11,13,17H,5-6,8H2,1-2H3/t12-,15+;11-,13?;11-,13+;2*11-,13-;;11-,13+;/m10110.0./s1. The summed E-state index contributed by atoms with van der Waals surface area (Å²) in [5.74, 6) is 3.83. The minimum Gasteiger partial charge on any atom is -0.393 e. The van der Waals surface area contributed by atoms with E-state index < -0.39 is 24.6 Å². The molecule has 8 aliphatic rings. The average Bonchev–Trinajstić information content (AvgIpc) is 0.854. The van der Waals surface area contributed by atoms with Crippen molar-refractivity contribution in [3.05, 3.63) is 192 Å². The van der Waals surface area contributed by atoms with E-state index in [1.807, 2.05) is 71.2 Å². The fraction of sp³-hybridized carbons (Fsp3) is 0.640. The highest BCUT2D eigenvalue weighted by atomic mass is 19.1. The van der Waals surface area contributed by atoms with Crippen LogP contribution in [-0.4, -0.2) is 258 Å². The van der Waals surface area contributed by atoms with Crippen LogP contribution in [-0.2, 0) is 4.74 Å². The van der Waals surface area contributed by atoms with Crippen molar-refractivity contribution in [1.82, 2.24) is 39.9 Å². The number of halogens is 2. The molecule has 0 spiro atoms. The van der Waals surface area contributed by atoms with E-state index >= 15 is 0 Å². The van der Waals surface area contributed by atoms with Crippen LogP contribution in [0, 0.1) is 5.92 Å². The van der Waals surface area contributed by atoms with Crippen LogP contribution in [0.25, 0.3) is 0 Å². The zero-order valence-electron chi connectivity index (χ0n) is 87.3. The number of hydrogen-bond acceptors (Lipinski definition) is 25. The van der Waals surface area contributed by atoms with Crippen LogP contribution in [0.5, 0.6) is 0 Å². The van der Waals surface area contributed by atoms with Crippen LogP contribution >= 0.6 is 0 Å². The Morgan fingerprint density at radius 2 is 0.442 bits per heavy atom. The summed E-state index contributed by atoms with van der Waals surface area (Å²) in [5, 5.41) is 76.7. The van der Waals surface area contributed by atoms with Gasteiger partial charge in [-0.2, -0.15) is 0 Å². The lowest BCUT2D eigenvalue weighted by Gasteiger charge is -2.37. The Kier molecular flexibility index (Phi) is 45.3. The Morgan fingerprint density at radius 3 is 0.601 bits per heavy atom. The van der Waals surface area contributed by atoms with E-state index in [-0.39, 0.29) is 55.6 Å². The second-order valence-electron chi connectivity index (χ2n) is 42.0. The quantitative estimate of drug-likeness (QED) is 0.0396. The molecule has 0 aromatic carbocycles. The zero-order chi connectivity index (χ0) is 101. The van der Waals surface area contributed by atoms with E-state index in [4.69, 9.17) is 4.74 Å². The summed E-state index contributed by atoms with van der Waals surface area (Å²) in [7, 11) is 1.69.